The van der Waals surface area contributed by atoms with Crippen LogP contribution in [0.4, 0.5) is 5.69 Å². The summed E-state index contributed by atoms with van der Waals surface area (Å²) in [7, 11) is -3.66. The standard InChI is InChI=1S/C15H15BrClNO2S/c1-9-4-5-14(12(16)6-9)18-21(19,20)15-8-10(2)13(17)7-11(15)3/h4-8,18H,1-3H3. The quantitative estimate of drug-likeness (QED) is 0.818. The first-order valence-electron chi connectivity index (χ1n) is 6.26. The van der Waals surface area contributed by atoms with Gasteiger partial charge >= 0.3 is 0 Å². The zero-order valence-electron chi connectivity index (χ0n) is 11.9. The molecule has 0 unspecified atom stereocenters. The molecule has 2 rings (SSSR count). The second kappa shape index (κ2) is 5.99. The molecule has 0 aliphatic heterocycles. The van der Waals surface area contributed by atoms with E-state index in [-0.39, 0.29) is 4.90 Å². The molecule has 3 nitrogen and oxygen atoms in total. The molecular formula is C15H15BrClNO2S. The number of rotatable bonds is 3. The van der Waals surface area contributed by atoms with Gasteiger partial charge in [-0.15, -0.1) is 0 Å². The first-order valence-corrected chi connectivity index (χ1v) is 8.92. The molecule has 0 atom stereocenters. The Morgan fingerprint density at radius 2 is 1.71 bits per heavy atom. The predicted octanol–water partition coefficient (Wildman–Crippen LogP) is 4.83. The van der Waals surface area contributed by atoms with Crippen molar-refractivity contribution in [1.82, 2.24) is 0 Å². The second-order valence-corrected chi connectivity index (χ2v) is 7.87. The summed E-state index contributed by atoms with van der Waals surface area (Å²) < 4.78 is 28.4. The zero-order chi connectivity index (χ0) is 15.8. The first-order chi connectivity index (χ1) is 9.70. The Balaban J connectivity index is 2.46. The molecule has 0 saturated carbocycles. The van der Waals surface area contributed by atoms with Gasteiger partial charge in [-0.3, -0.25) is 4.72 Å². The summed E-state index contributed by atoms with van der Waals surface area (Å²) in [6.07, 6.45) is 0. The fraction of sp³-hybridized carbons (Fsp3) is 0.200. The summed E-state index contributed by atoms with van der Waals surface area (Å²) in [6.45, 7) is 5.45. The molecule has 6 heteroatoms. The van der Waals surface area contributed by atoms with Gasteiger partial charge in [0.2, 0.25) is 0 Å². The molecule has 0 aliphatic rings. The lowest BCUT2D eigenvalue weighted by Crippen LogP contribution is -2.15. The molecule has 0 saturated heterocycles. The fourth-order valence-electron chi connectivity index (χ4n) is 1.95. The fourth-order valence-corrected chi connectivity index (χ4v) is 4.28. The highest BCUT2D eigenvalue weighted by Crippen LogP contribution is 2.29. The van der Waals surface area contributed by atoms with E-state index in [1.807, 2.05) is 19.1 Å². The maximum atomic E-state index is 12.5. The highest BCUT2D eigenvalue weighted by molar-refractivity contribution is 9.10. The van der Waals surface area contributed by atoms with E-state index in [9.17, 15) is 8.42 Å². The molecule has 2 aromatic carbocycles. The summed E-state index contributed by atoms with van der Waals surface area (Å²) in [5.41, 5.74) is 2.89. The maximum absolute atomic E-state index is 12.5. The Bertz CT molecular complexity index is 804. The minimum atomic E-state index is -3.66. The highest BCUT2D eigenvalue weighted by Gasteiger charge is 2.19. The molecule has 0 bridgehead atoms. The van der Waals surface area contributed by atoms with E-state index >= 15 is 0 Å². The topological polar surface area (TPSA) is 46.2 Å². The van der Waals surface area contributed by atoms with Crippen molar-refractivity contribution in [2.45, 2.75) is 25.7 Å². The van der Waals surface area contributed by atoms with E-state index in [2.05, 4.69) is 20.7 Å². The summed E-state index contributed by atoms with van der Waals surface area (Å²) >= 11 is 9.38. The Morgan fingerprint density at radius 1 is 1.05 bits per heavy atom. The van der Waals surface area contributed by atoms with Gasteiger partial charge in [0.15, 0.2) is 0 Å². The van der Waals surface area contributed by atoms with Crippen LogP contribution in [0.1, 0.15) is 16.7 Å². The minimum Gasteiger partial charge on any atom is -0.278 e. The van der Waals surface area contributed by atoms with Gasteiger partial charge in [-0.05, 0) is 77.7 Å². The van der Waals surface area contributed by atoms with Gasteiger partial charge in [-0.25, -0.2) is 8.42 Å². The monoisotopic (exact) mass is 387 g/mol. The molecule has 0 amide bonds. The maximum Gasteiger partial charge on any atom is 0.262 e. The van der Waals surface area contributed by atoms with E-state index < -0.39 is 10.0 Å². The normalized spacial score (nSPS) is 11.5. The molecule has 0 radical (unpaired) electrons. The van der Waals surface area contributed by atoms with Gasteiger partial charge in [-0.1, -0.05) is 17.7 Å². The van der Waals surface area contributed by atoms with Crippen molar-refractivity contribution >= 4 is 43.2 Å². The van der Waals surface area contributed by atoms with E-state index in [1.165, 1.54) is 0 Å². The average Bonchev–Trinajstić information content (AvgIpc) is 2.37. The van der Waals surface area contributed by atoms with Crippen molar-refractivity contribution in [3.63, 3.8) is 0 Å². The van der Waals surface area contributed by atoms with Gasteiger partial charge in [0.05, 0.1) is 10.6 Å². The number of sulfonamides is 1. The van der Waals surface area contributed by atoms with Crippen molar-refractivity contribution < 1.29 is 8.42 Å². The SMILES string of the molecule is Cc1ccc(NS(=O)(=O)c2cc(C)c(Cl)cc2C)c(Br)c1. The lowest BCUT2D eigenvalue weighted by atomic mass is 10.2. The minimum absolute atomic E-state index is 0.233. The average molecular weight is 389 g/mol. The number of aryl methyl sites for hydroxylation is 3. The molecule has 1 N–H and O–H groups in total. The van der Waals surface area contributed by atoms with Crippen molar-refractivity contribution in [3.05, 3.63) is 56.5 Å². The molecule has 21 heavy (non-hydrogen) atoms. The van der Waals surface area contributed by atoms with Crippen molar-refractivity contribution in [2.75, 3.05) is 4.72 Å². The van der Waals surface area contributed by atoms with Crippen LogP contribution < -0.4 is 4.72 Å². The molecule has 0 aromatic heterocycles. The van der Waals surface area contributed by atoms with Crippen molar-refractivity contribution in [3.8, 4) is 0 Å². The largest absolute Gasteiger partial charge is 0.278 e. The van der Waals surface area contributed by atoms with Crippen molar-refractivity contribution in [2.24, 2.45) is 0 Å². The smallest absolute Gasteiger partial charge is 0.262 e. The van der Waals surface area contributed by atoms with E-state index in [4.69, 9.17) is 11.6 Å². The lowest BCUT2D eigenvalue weighted by Gasteiger charge is -2.13. The van der Waals surface area contributed by atoms with Crippen LogP contribution in [0.25, 0.3) is 0 Å². The zero-order valence-corrected chi connectivity index (χ0v) is 15.0. The van der Waals surface area contributed by atoms with Gasteiger partial charge in [0, 0.05) is 9.50 Å². The van der Waals surface area contributed by atoms with Crippen LogP contribution in [0.5, 0.6) is 0 Å². The molecule has 0 heterocycles. The van der Waals surface area contributed by atoms with E-state index in [1.54, 1.807) is 32.0 Å². The van der Waals surface area contributed by atoms with E-state index in [0.29, 0.717) is 20.7 Å². The Morgan fingerprint density at radius 3 is 2.33 bits per heavy atom. The van der Waals surface area contributed by atoms with Crippen LogP contribution >= 0.6 is 27.5 Å². The summed E-state index contributed by atoms with van der Waals surface area (Å²) in [5.74, 6) is 0. The van der Waals surface area contributed by atoms with Crippen LogP contribution in [0, 0.1) is 20.8 Å². The van der Waals surface area contributed by atoms with Crippen molar-refractivity contribution in [1.29, 1.82) is 0 Å². The third-order valence-electron chi connectivity index (χ3n) is 3.11. The summed E-state index contributed by atoms with van der Waals surface area (Å²) in [4.78, 5) is 0.233. The van der Waals surface area contributed by atoms with Gasteiger partial charge < -0.3 is 0 Å². The van der Waals surface area contributed by atoms with Crippen LogP contribution in [-0.4, -0.2) is 8.42 Å². The first kappa shape index (κ1) is 16.3. The number of halogens is 2. The number of hydrogen-bond donors (Lipinski definition) is 1. The molecule has 0 spiro atoms. The highest BCUT2D eigenvalue weighted by atomic mass is 79.9. The Labute approximate surface area is 138 Å². The molecule has 0 fully saturated rings. The molecule has 112 valence electrons. The third kappa shape index (κ3) is 3.59. The summed E-state index contributed by atoms with van der Waals surface area (Å²) in [5, 5.41) is 0.558. The summed E-state index contributed by atoms with van der Waals surface area (Å²) in [6, 6.07) is 8.69. The number of hydrogen-bond acceptors (Lipinski definition) is 2. The van der Waals surface area contributed by atoms with Gasteiger partial charge in [0.25, 0.3) is 10.0 Å². The lowest BCUT2D eigenvalue weighted by molar-refractivity contribution is 0.600. The number of nitrogens with one attached hydrogen (secondary N) is 1. The number of benzene rings is 2. The molecule has 0 aliphatic carbocycles. The van der Waals surface area contributed by atoms with E-state index in [0.717, 1.165) is 11.1 Å². The second-order valence-electron chi connectivity index (χ2n) is 4.96. The van der Waals surface area contributed by atoms with Crippen LogP contribution in [-0.2, 0) is 10.0 Å². The molecule has 2 aromatic rings. The molecular weight excluding hydrogens is 374 g/mol. The predicted molar refractivity (Wildman–Crippen MR) is 90.6 cm³/mol. The van der Waals surface area contributed by atoms with Crippen LogP contribution in [0.2, 0.25) is 5.02 Å². The van der Waals surface area contributed by atoms with Crippen LogP contribution in [0.3, 0.4) is 0 Å². The van der Waals surface area contributed by atoms with Crippen LogP contribution in [0.15, 0.2) is 39.7 Å². The van der Waals surface area contributed by atoms with Gasteiger partial charge in [0.1, 0.15) is 0 Å². The Hall–Kier alpha value is -1.04. The van der Waals surface area contributed by atoms with Gasteiger partial charge in [-0.2, -0.15) is 0 Å². The third-order valence-corrected chi connectivity index (χ3v) is 5.69. The Kier molecular flexibility index (Phi) is 4.66. The number of anilines is 1.